The predicted octanol–water partition coefficient (Wildman–Crippen LogP) is 5.15. The Morgan fingerprint density at radius 3 is 2.54 bits per heavy atom. The summed E-state index contributed by atoms with van der Waals surface area (Å²) in [4.78, 5) is 29.5. The number of hydrogen-bond acceptors (Lipinski definition) is 6. The summed E-state index contributed by atoms with van der Waals surface area (Å²) in [5, 5.41) is 8.70. The van der Waals surface area contributed by atoms with E-state index in [0.29, 0.717) is 11.6 Å². The molecule has 3 aromatic carbocycles. The minimum Gasteiger partial charge on any atom is -0.497 e. The van der Waals surface area contributed by atoms with E-state index < -0.39 is 28.7 Å². The van der Waals surface area contributed by atoms with E-state index in [2.05, 4.69) is 10.3 Å². The Morgan fingerprint density at radius 1 is 1.08 bits per heavy atom. The van der Waals surface area contributed by atoms with Crippen molar-refractivity contribution in [3.05, 3.63) is 95.6 Å². The van der Waals surface area contributed by atoms with Gasteiger partial charge in [0.05, 0.1) is 18.9 Å². The zero-order valence-corrected chi connectivity index (χ0v) is 20.5. The third-order valence-electron chi connectivity index (χ3n) is 6.02. The number of carbonyl (C=O) groups is 2. The molecule has 10 heteroatoms. The van der Waals surface area contributed by atoms with Gasteiger partial charge < -0.3 is 10.1 Å². The summed E-state index contributed by atoms with van der Waals surface area (Å²) in [6.45, 7) is 0. The number of rotatable bonds is 6. The molecule has 5 rings (SSSR count). The lowest BCUT2D eigenvalue weighted by Gasteiger charge is -2.23. The maximum atomic E-state index is 13.5. The van der Waals surface area contributed by atoms with Crippen LogP contribution >= 0.6 is 11.8 Å². The van der Waals surface area contributed by atoms with Gasteiger partial charge in [-0.05, 0) is 35.4 Å². The van der Waals surface area contributed by atoms with E-state index in [0.717, 1.165) is 46.5 Å². The molecule has 2 amide bonds. The number of nitrogens with zero attached hydrogens (tertiary/aromatic N) is 3. The number of ether oxygens (including phenoxy) is 1. The van der Waals surface area contributed by atoms with Crippen LogP contribution in [0.25, 0.3) is 0 Å². The number of carbonyl (C=O) groups excluding carboxylic acids is 2. The Hall–Kier alpha value is -4.05. The predicted molar refractivity (Wildman–Crippen MR) is 139 cm³/mol. The first-order valence-corrected chi connectivity index (χ1v) is 12.4. The fraction of sp³-hybridized carbons (Fsp3) is 0.185. The maximum Gasteiger partial charge on any atom is 0.262 e. The van der Waals surface area contributed by atoms with Gasteiger partial charge in [-0.1, -0.05) is 54.2 Å². The number of benzene rings is 3. The number of anilines is 1. The van der Waals surface area contributed by atoms with Crippen LogP contribution in [0.5, 0.6) is 5.75 Å². The lowest BCUT2D eigenvalue weighted by atomic mass is 9.98. The van der Waals surface area contributed by atoms with Crippen LogP contribution in [0.15, 0.2) is 82.9 Å². The molecular weight excluding hydrogens is 498 g/mol. The van der Waals surface area contributed by atoms with E-state index in [4.69, 9.17) is 9.84 Å². The number of amidine groups is 1. The summed E-state index contributed by atoms with van der Waals surface area (Å²) in [6, 6.07) is 20.3. The monoisotopic (exact) mass is 520 g/mol. The average Bonchev–Trinajstić information content (AvgIpc) is 3.51. The number of aliphatic imine (C=N–C) groups is 1. The van der Waals surface area contributed by atoms with Crippen molar-refractivity contribution in [1.82, 2.24) is 5.01 Å². The molecule has 0 bridgehead atoms. The van der Waals surface area contributed by atoms with Crippen molar-refractivity contribution >= 4 is 40.1 Å². The second kappa shape index (κ2) is 10.5. The highest BCUT2D eigenvalue weighted by molar-refractivity contribution is 8.15. The maximum absolute atomic E-state index is 13.5. The second-order valence-electron chi connectivity index (χ2n) is 8.47. The summed E-state index contributed by atoms with van der Waals surface area (Å²) >= 11 is 1.16. The molecule has 0 unspecified atom stereocenters. The highest BCUT2D eigenvalue weighted by Crippen LogP contribution is 2.39. The Labute approximate surface area is 216 Å². The van der Waals surface area contributed by atoms with Crippen molar-refractivity contribution in [2.24, 2.45) is 10.1 Å². The quantitative estimate of drug-likeness (QED) is 0.486. The molecule has 0 aliphatic carbocycles. The van der Waals surface area contributed by atoms with Crippen LogP contribution in [-0.4, -0.2) is 40.1 Å². The van der Waals surface area contributed by atoms with E-state index in [1.54, 1.807) is 12.1 Å². The minimum absolute atomic E-state index is 0.108. The van der Waals surface area contributed by atoms with Gasteiger partial charge in [-0.25, -0.2) is 13.8 Å². The van der Waals surface area contributed by atoms with Crippen LogP contribution in [0.3, 0.4) is 0 Å². The summed E-state index contributed by atoms with van der Waals surface area (Å²) in [7, 11) is 1.60. The summed E-state index contributed by atoms with van der Waals surface area (Å²) in [5.41, 5.74) is 2.92. The number of amides is 2. The lowest BCUT2D eigenvalue weighted by Crippen LogP contribution is -2.25. The Morgan fingerprint density at radius 2 is 1.84 bits per heavy atom. The van der Waals surface area contributed by atoms with Crippen LogP contribution < -0.4 is 10.1 Å². The summed E-state index contributed by atoms with van der Waals surface area (Å²) in [6.07, 6.45) is 0.428. The van der Waals surface area contributed by atoms with Gasteiger partial charge in [0.1, 0.15) is 11.0 Å². The Balaban J connectivity index is 1.34. The third-order valence-corrected chi connectivity index (χ3v) is 7.16. The van der Waals surface area contributed by atoms with Crippen LogP contribution in [-0.2, 0) is 9.59 Å². The van der Waals surface area contributed by atoms with Gasteiger partial charge in [-0.3, -0.25) is 9.59 Å². The second-order valence-corrected chi connectivity index (χ2v) is 9.64. The van der Waals surface area contributed by atoms with Gasteiger partial charge in [-0.2, -0.15) is 10.1 Å². The van der Waals surface area contributed by atoms with E-state index >= 15 is 0 Å². The molecule has 7 nitrogen and oxygen atoms in total. The minimum atomic E-state index is -1.07. The standard InChI is InChI=1S/C27H22F2N4O3S/c1-36-19-10-7-17(8-11-19)23-14-22(16-5-3-2-4-6-16)32-33(23)27-31-26(35)24(37-27)15-25(34)30-18-9-12-20(28)21(29)13-18/h2-13,23-24H,14-15H2,1H3,(H,30,34)/t23-,24+/m0/s1. The zero-order valence-electron chi connectivity index (χ0n) is 19.7. The van der Waals surface area contributed by atoms with Crippen LogP contribution in [0.4, 0.5) is 14.5 Å². The smallest absolute Gasteiger partial charge is 0.262 e. The lowest BCUT2D eigenvalue weighted by molar-refractivity contribution is -0.121. The van der Waals surface area contributed by atoms with Gasteiger partial charge in [0, 0.05) is 24.6 Å². The van der Waals surface area contributed by atoms with Gasteiger partial charge in [0.2, 0.25) is 5.91 Å². The Bertz CT molecular complexity index is 1400. The SMILES string of the molecule is COc1ccc([C@@H]2CC(c3ccccc3)=NN2C2=NC(=O)[C@@H](CC(=O)Nc3ccc(F)c(F)c3)S2)cc1. The van der Waals surface area contributed by atoms with Gasteiger partial charge in [0.25, 0.3) is 5.91 Å². The Kier molecular flexibility index (Phi) is 7.00. The summed E-state index contributed by atoms with van der Waals surface area (Å²) in [5.74, 6) is -2.30. The molecule has 2 aliphatic heterocycles. The molecule has 0 spiro atoms. The number of hydrazone groups is 1. The first-order chi connectivity index (χ1) is 17.9. The normalized spacial score (nSPS) is 19.0. The topological polar surface area (TPSA) is 83.4 Å². The number of nitrogens with one attached hydrogen (secondary N) is 1. The van der Waals surface area contributed by atoms with Crippen molar-refractivity contribution < 1.29 is 23.1 Å². The number of hydrogen-bond donors (Lipinski definition) is 1. The van der Waals surface area contributed by atoms with E-state index in [9.17, 15) is 18.4 Å². The van der Waals surface area contributed by atoms with Crippen molar-refractivity contribution in [3.8, 4) is 5.75 Å². The average molecular weight is 521 g/mol. The number of methoxy groups -OCH3 is 1. The van der Waals surface area contributed by atoms with Gasteiger partial charge in [0.15, 0.2) is 16.8 Å². The third kappa shape index (κ3) is 5.39. The number of halogens is 2. The van der Waals surface area contributed by atoms with Gasteiger partial charge in [-0.15, -0.1) is 0 Å². The molecule has 37 heavy (non-hydrogen) atoms. The molecular formula is C27H22F2N4O3S. The van der Waals surface area contributed by atoms with Crippen molar-refractivity contribution in [1.29, 1.82) is 0 Å². The van der Waals surface area contributed by atoms with Crippen molar-refractivity contribution in [2.45, 2.75) is 24.1 Å². The summed E-state index contributed by atoms with van der Waals surface area (Å²) < 4.78 is 31.9. The van der Waals surface area contributed by atoms with E-state index in [-0.39, 0.29) is 18.2 Å². The molecule has 2 heterocycles. The van der Waals surface area contributed by atoms with Crippen molar-refractivity contribution in [2.75, 3.05) is 12.4 Å². The zero-order chi connectivity index (χ0) is 25.9. The first-order valence-electron chi connectivity index (χ1n) is 11.5. The van der Waals surface area contributed by atoms with Gasteiger partial charge >= 0.3 is 0 Å². The molecule has 1 N–H and O–H groups in total. The van der Waals surface area contributed by atoms with Crippen LogP contribution in [0.2, 0.25) is 0 Å². The molecule has 0 saturated heterocycles. The molecule has 3 aromatic rings. The van der Waals surface area contributed by atoms with E-state index in [1.165, 1.54) is 6.07 Å². The molecule has 0 aromatic heterocycles. The first kappa shape index (κ1) is 24.6. The molecule has 0 radical (unpaired) electrons. The fourth-order valence-electron chi connectivity index (χ4n) is 4.14. The van der Waals surface area contributed by atoms with Crippen LogP contribution in [0.1, 0.15) is 30.0 Å². The van der Waals surface area contributed by atoms with Crippen LogP contribution in [0, 0.1) is 11.6 Å². The molecule has 0 fully saturated rings. The van der Waals surface area contributed by atoms with Crippen molar-refractivity contribution in [3.63, 3.8) is 0 Å². The largest absolute Gasteiger partial charge is 0.497 e. The number of thioether (sulfide) groups is 1. The molecule has 2 aliphatic rings. The highest BCUT2D eigenvalue weighted by Gasteiger charge is 2.39. The van der Waals surface area contributed by atoms with E-state index in [1.807, 2.05) is 54.6 Å². The highest BCUT2D eigenvalue weighted by atomic mass is 32.2. The fourth-order valence-corrected chi connectivity index (χ4v) is 5.20. The molecule has 2 atom stereocenters. The molecule has 188 valence electrons. The molecule has 0 saturated carbocycles.